The van der Waals surface area contributed by atoms with Gasteiger partial charge in [0.1, 0.15) is 0 Å². The molecule has 0 amide bonds. The van der Waals surface area contributed by atoms with Crippen molar-refractivity contribution in [3.8, 4) is 10.6 Å². The molecule has 0 aliphatic carbocycles. The quantitative estimate of drug-likeness (QED) is 0.769. The van der Waals surface area contributed by atoms with E-state index in [4.69, 9.17) is 5.73 Å². The zero-order chi connectivity index (χ0) is 12.5. The Hall–Kier alpha value is -1.23. The number of thiophene rings is 1. The van der Waals surface area contributed by atoms with Gasteiger partial charge >= 0.3 is 0 Å². The molecule has 3 rings (SSSR count). The van der Waals surface area contributed by atoms with Crippen molar-refractivity contribution in [2.75, 3.05) is 0 Å². The molecule has 3 aromatic rings. The molecule has 0 unspecified atom stereocenters. The second-order valence-electron chi connectivity index (χ2n) is 4.05. The number of benzene rings is 1. The number of nitrogens with two attached hydrogens (primary N) is 1. The lowest BCUT2D eigenvalue weighted by Crippen LogP contribution is -1.96. The molecule has 2 aromatic heterocycles. The minimum absolute atomic E-state index is 0.548. The molecule has 0 saturated heterocycles. The summed E-state index contributed by atoms with van der Waals surface area (Å²) in [6, 6.07) is 12.5. The third-order valence-electron chi connectivity index (χ3n) is 2.79. The molecule has 2 nitrogen and oxygen atoms in total. The first-order valence-corrected chi connectivity index (χ1v) is 7.22. The van der Waals surface area contributed by atoms with Crippen LogP contribution in [0.5, 0.6) is 0 Å². The van der Waals surface area contributed by atoms with E-state index in [1.807, 2.05) is 12.3 Å². The van der Waals surface area contributed by atoms with Crippen molar-refractivity contribution < 1.29 is 0 Å². The monoisotopic (exact) mass is 318 g/mol. The first-order valence-electron chi connectivity index (χ1n) is 5.61. The minimum atomic E-state index is 0.548. The maximum atomic E-state index is 5.66. The lowest BCUT2D eigenvalue weighted by molar-refractivity contribution is 1.06. The maximum Gasteiger partial charge on any atom is 0.0805 e. The fraction of sp³-hybridized carbons (Fsp3) is 0.0714. The smallest absolute Gasteiger partial charge is 0.0805 e. The molecular formula is C14H11BrN2S. The zero-order valence-corrected chi connectivity index (χ0v) is 12.0. The van der Waals surface area contributed by atoms with Gasteiger partial charge in [-0.1, -0.05) is 22.0 Å². The van der Waals surface area contributed by atoms with Crippen molar-refractivity contribution >= 4 is 37.4 Å². The normalized spacial score (nSPS) is 11.0. The lowest BCUT2D eigenvalue weighted by atomic mass is 10.2. The van der Waals surface area contributed by atoms with Crippen LogP contribution in [0.1, 0.15) is 5.56 Å². The Bertz CT molecular complexity index is 706. The van der Waals surface area contributed by atoms with E-state index in [-0.39, 0.29) is 0 Å². The summed E-state index contributed by atoms with van der Waals surface area (Å²) < 4.78 is 2.37. The summed E-state index contributed by atoms with van der Waals surface area (Å²) in [6.07, 6.45) is 1.82. The van der Waals surface area contributed by atoms with Gasteiger partial charge in [0.05, 0.1) is 10.6 Å². The highest BCUT2D eigenvalue weighted by atomic mass is 79.9. The molecule has 2 heterocycles. The topological polar surface area (TPSA) is 38.9 Å². The summed E-state index contributed by atoms with van der Waals surface area (Å²) in [5.74, 6) is 0. The number of hydrogen-bond acceptors (Lipinski definition) is 3. The Morgan fingerprint density at radius 1 is 1.17 bits per heavy atom. The summed E-state index contributed by atoms with van der Waals surface area (Å²) in [6.45, 7) is 0.548. The molecule has 2 N–H and O–H groups in total. The Labute approximate surface area is 118 Å². The highest BCUT2D eigenvalue weighted by Crippen LogP contribution is 2.34. The van der Waals surface area contributed by atoms with Gasteiger partial charge in [-0.25, -0.2) is 0 Å². The number of fused-ring (bicyclic) bond motifs is 1. The molecule has 0 bridgehead atoms. The largest absolute Gasteiger partial charge is 0.326 e. The van der Waals surface area contributed by atoms with Crippen LogP contribution in [-0.2, 0) is 6.54 Å². The van der Waals surface area contributed by atoms with Gasteiger partial charge < -0.3 is 5.73 Å². The molecule has 18 heavy (non-hydrogen) atoms. The molecular weight excluding hydrogens is 308 g/mol. The minimum Gasteiger partial charge on any atom is -0.326 e. The Morgan fingerprint density at radius 2 is 2.06 bits per heavy atom. The van der Waals surface area contributed by atoms with Crippen LogP contribution in [0.3, 0.4) is 0 Å². The van der Waals surface area contributed by atoms with Crippen LogP contribution < -0.4 is 5.73 Å². The van der Waals surface area contributed by atoms with Gasteiger partial charge in [-0.05, 0) is 41.3 Å². The third kappa shape index (κ3) is 2.19. The molecule has 0 spiro atoms. The van der Waals surface area contributed by atoms with Crippen molar-refractivity contribution in [3.63, 3.8) is 0 Å². The van der Waals surface area contributed by atoms with Crippen LogP contribution in [-0.4, -0.2) is 4.98 Å². The maximum absolute atomic E-state index is 5.66. The standard InChI is InChI=1S/C14H11BrN2S/c15-11-2-1-10-6-14(18-13(10)7-11)12-5-9(8-16)3-4-17-12/h1-7H,8,16H2. The van der Waals surface area contributed by atoms with Crippen molar-refractivity contribution in [2.24, 2.45) is 5.73 Å². The first-order chi connectivity index (χ1) is 8.76. The van der Waals surface area contributed by atoms with Gasteiger partial charge in [-0.15, -0.1) is 11.3 Å². The highest BCUT2D eigenvalue weighted by molar-refractivity contribution is 9.10. The van der Waals surface area contributed by atoms with Gasteiger partial charge in [-0.3, -0.25) is 4.98 Å². The number of halogens is 1. The molecule has 1 aromatic carbocycles. The highest BCUT2D eigenvalue weighted by Gasteiger charge is 2.06. The van der Waals surface area contributed by atoms with Crippen LogP contribution >= 0.6 is 27.3 Å². The summed E-state index contributed by atoms with van der Waals surface area (Å²) in [4.78, 5) is 5.60. The molecule has 0 fully saturated rings. The molecule has 0 atom stereocenters. The summed E-state index contributed by atoms with van der Waals surface area (Å²) in [5, 5.41) is 1.25. The van der Waals surface area contributed by atoms with E-state index in [0.717, 1.165) is 15.7 Å². The predicted molar refractivity (Wildman–Crippen MR) is 80.6 cm³/mol. The number of rotatable bonds is 2. The second kappa shape index (κ2) is 4.80. The molecule has 0 saturated carbocycles. The number of nitrogens with zero attached hydrogens (tertiary/aromatic N) is 1. The van der Waals surface area contributed by atoms with E-state index in [1.54, 1.807) is 11.3 Å². The van der Waals surface area contributed by atoms with Gasteiger partial charge in [0, 0.05) is 21.9 Å². The van der Waals surface area contributed by atoms with Gasteiger partial charge in [0.25, 0.3) is 0 Å². The first kappa shape index (κ1) is 11.8. The molecule has 0 radical (unpaired) electrons. The fourth-order valence-electron chi connectivity index (χ4n) is 1.87. The lowest BCUT2D eigenvalue weighted by Gasteiger charge is -1.99. The van der Waals surface area contributed by atoms with E-state index in [2.05, 4.69) is 51.2 Å². The van der Waals surface area contributed by atoms with Crippen LogP contribution in [0, 0.1) is 0 Å². The van der Waals surface area contributed by atoms with Crippen LogP contribution in [0.15, 0.2) is 47.1 Å². The van der Waals surface area contributed by atoms with E-state index >= 15 is 0 Å². The zero-order valence-electron chi connectivity index (χ0n) is 9.56. The van der Waals surface area contributed by atoms with Crippen molar-refractivity contribution in [1.29, 1.82) is 0 Å². The van der Waals surface area contributed by atoms with Crippen molar-refractivity contribution in [2.45, 2.75) is 6.54 Å². The third-order valence-corrected chi connectivity index (χ3v) is 4.41. The van der Waals surface area contributed by atoms with Crippen molar-refractivity contribution in [1.82, 2.24) is 4.98 Å². The number of pyridine rings is 1. The molecule has 0 aliphatic heterocycles. The van der Waals surface area contributed by atoms with Gasteiger partial charge in [-0.2, -0.15) is 0 Å². The molecule has 0 aliphatic rings. The Balaban J connectivity index is 2.13. The van der Waals surface area contributed by atoms with E-state index in [1.165, 1.54) is 15.0 Å². The molecule has 4 heteroatoms. The Kier molecular flexibility index (Phi) is 3.16. The summed E-state index contributed by atoms with van der Waals surface area (Å²) >= 11 is 5.25. The second-order valence-corrected chi connectivity index (χ2v) is 6.05. The molecule has 90 valence electrons. The SMILES string of the molecule is NCc1ccnc(-c2cc3ccc(Br)cc3s2)c1. The summed E-state index contributed by atoms with van der Waals surface area (Å²) in [5.41, 5.74) is 7.77. The van der Waals surface area contributed by atoms with Crippen LogP contribution in [0.25, 0.3) is 20.7 Å². The van der Waals surface area contributed by atoms with Crippen molar-refractivity contribution in [3.05, 3.63) is 52.6 Å². The van der Waals surface area contributed by atoms with E-state index < -0.39 is 0 Å². The fourth-order valence-corrected chi connectivity index (χ4v) is 3.45. The van der Waals surface area contributed by atoms with E-state index in [0.29, 0.717) is 6.54 Å². The van der Waals surface area contributed by atoms with Gasteiger partial charge in [0.2, 0.25) is 0 Å². The number of hydrogen-bond donors (Lipinski definition) is 1. The van der Waals surface area contributed by atoms with E-state index in [9.17, 15) is 0 Å². The summed E-state index contributed by atoms with van der Waals surface area (Å²) in [7, 11) is 0. The Morgan fingerprint density at radius 3 is 2.89 bits per heavy atom. The average molecular weight is 319 g/mol. The predicted octanol–water partition coefficient (Wildman–Crippen LogP) is 4.18. The van der Waals surface area contributed by atoms with Crippen LogP contribution in [0.2, 0.25) is 0 Å². The van der Waals surface area contributed by atoms with Crippen LogP contribution in [0.4, 0.5) is 0 Å². The average Bonchev–Trinajstić information content (AvgIpc) is 2.81. The van der Waals surface area contributed by atoms with Gasteiger partial charge in [0.15, 0.2) is 0 Å². The number of aromatic nitrogens is 1.